The fourth-order valence-corrected chi connectivity index (χ4v) is 4.97. The predicted octanol–water partition coefficient (Wildman–Crippen LogP) is 2.53. The molecule has 1 heterocycles. The number of fused-ring (bicyclic) bond motifs is 3. The van der Waals surface area contributed by atoms with Crippen molar-refractivity contribution in [3.8, 4) is 0 Å². The number of hydrogen-bond donors (Lipinski definition) is 1. The number of nitrogens with one attached hydrogen (secondary N) is 1. The van der Waals surface area contributed by atoms with Gasteiger partial charge in [0.05, 0.1) is 6.42 Å². The number of hydrogen-bond acceptors (Lipinski definition) is 4. The predicted molar refractivity (Wildman–Crippen MR) is 101 cm³/mol. The lowest BCUT2D eigenvalue weighted by molar-refractivity contribution is -0.133. The zero-order valence-corrected chi connectivity index (χ0v) is 16.0. The maximum absolute atomic E-state index is 12.6. The van der Waals surface area contributed by atoms with Gasteiger partial charge in [0.25, 0.3) is 11.8 Å². The Morgan fingerprint density at radius 1 is 1.26 bits per heavy atom. The maximum atomic E-state index is 12.6. The lowest BCUT2D eigenvalue weighted by Crippen LogP contribution is -2.47. The van der Waals surface area contributed by atoms with E-state index in [4.69, 9.17) is 0 Å². The lowest BCUT2D eigenvalue weighted by atomic mass is 9.70. The van der Waals surface area contributed by atoms with E-state index in [1.807, 2.05) is 0 Å². The third-order valence-electron chi connectivity index (χ3n) is 7.27. The second-order valence-corrected chi connectivity index (χ2v) is 8.71. The lowest BCUT2D eigenvalue weighted by Gasteiger charge is -2.34. The van der Waals surface area contributed by atoms with Crippen LogP contribution in [0.1, 0.15) is 56.0 Å². The molecule has 2 aliphatic carbocycles. The Morgan fingerprint density at radius 3 is 2.67 bits per heavy atom. The third kappa shape index (κ3) is 2.61. The van der Waals surface area contributed by atoms with E-state index >= 15 is 0 Å². The molecule has 2 atom stereocenters. The van der Waals surface area contributed by atoms with Crippen LogP contribution >= 0.6 is 0 Å². The summed E-state index contributed by atoms with van der Waals surface area (Å²) in [5.74, 6) is -0.611. The smallest absolute Gasteiger partial charge is 0.261 e. The third-order valence-corrected chi connectivity index (χ3v) is 7.27. The first-order chi connectivity index (χ1) is 12.7. The molecule has 1 aromatic carbocycles. The van der Waals surface area contributed by atoms with Crippen LogP contribution in [-0.2, 0) is 16.0 Å². The summed E-state index contributed by atoms with van der Waals surface area (Å²) in [6.45, 7) is 6.47. The Hall–Kier alpha value is -2.50. The Morgan fingerprint density at radius 2 is 2.00 bits per heavy atom. The van der Waals surface area contributed by atoms with E-state index in [2.05, 4.69) is 31.3 Å². The standard InChI is InChI=1S/C21H25N3O3/c1-20(2)14-8-9-21(20,3)16(11-14)22-23-17(25)12-24-18(26)10-13-6-4-5-7-15(13)19(24)27/h4-7,14H,8-12H2,1-3H3,(H,23,25)/b22-16+/t14-,21+/m1/s1. The van der Waals surface area contributed by atoms with Crippen molar-refractivity contribution in [1.82, 2.24) is 10.3 Å². The van der Waals surface area contributed by atoms with Gasteiger partial charge in [-0.3, -0.25) is 19.3 Å². The maximum Gasteiger partial charge on any atom is 0.261 e. The van der Waals surface area contributed by atoms with Crippen molar-refractivity contribution in [1.29, 1.82) is 0 Å². The number of benzene rings is 1. The van der Waals surface area contributed by atoms with E-state index in [9.17, 15) is 14.4 Å². The molecular weight excluding hydrogens is 342 g/mol. The van der Waals surface area contributed by atoms with Gasteiger partial charge in [0.1, 0.15) is 6.54 Å². The molecule has 0 spiro atoms. The van der Waals surface area contributed by atoms with E-state index in [1.54, 1.807) is 24.3 Å². The second-order valence-electron chi connectivity index (χ2n) is 8.71. The highest BCUT2D eigenvalue weighted by Crippen LogP contribution is 2.63. The number of imide groups is 1. The van der Waals surface area contributed by atoms with Crippen molar-refractivity contribution in [3.63, 3.8) is 0 Å². The first kappa shape index (κ1) is 17.9. The topological polar surface area (TPSA) is 78.8 Å². The number of nitrogens with zero attached hydrogens (tertiary/aromatic N) is 2. The zero-order chi connectivity index (χ0) is 19.4. The van der Waals surface area contributed by atoms with E-state index < -0.39 is 11.8 Å². The normalized spacial score (nSPS) is 30.0. The van der Waals surface area contributed by atoms with Gasteiger partial charge in [0.15, 0.2) is 0 Å². The minimum atomic E-state index is -0.437. The number of rotatable bonds is 3. The van der Waals surface area contributed by atoms with Gasteiger partial charge in [-0.2, -0.15) is 5.10 Å². The van der Waals surface area contributed by atoms with Gasteiger partial charge >= 0.3 is 0 Å². The highest BCUT2D eigenvalue weighted by molar-refractivity contribution is 6.11. The SMILES string of the molecule is CC1(C)[C@@H]2CC[C@@]1(C)/C(=N/NC(=O)CN1C(=O)Cc3ccccc3C1=O)C2. The van der Waals surface area contributed by atoms with Crippen molar-refractivity contribution in [3.05, 3.63) is 35.4 Å². The van der Waals surface area contributed by atoms with Gasteiger partial charge in [-0.15, -0.1) is 0 Å². The van der Waals surface area contributed by atoms with Crippen molar-refractivity contribution in [2.75, 3.05) is 6.54 Å². The minimum absolute atomic E-state index is 0.000645. The molecule has 142 valence electrons. The zero-order valence-electron chi connectivity index (χ0n) is 16.0. The van der Waals surface area contributed by atoms with E-state index in [0.29, 0.717) is 17.0 Å². The van der Waals surface area contributed by atoms with Gasteiger partial charge in [-0.25, -0.2) is 5.43 Å². The molecule has 1 aromatic rings. The molecule has 0 saturated heterocycles. The summed E-state index contributed by atoms with van der Waals surface area (Å²) in [5, 5.41) is 4.40. The van der Waals surface area contributed by atoms with Crippen LogP contribution in [0.4, 0.5) is 0 Å². The van der Waals surface area contributed by atoms with Crippen LogP contribution in [0.5, 0.6) is 0 Å². The van der Waals surface area contributed by atoms with E-state index in [-0.39, 0.29) is 29.7 Å². The molecule has 0 aromatic heterocycles. The summed E-state index contributed by atoms with van der Waals surface area (Å²) in [4.78, 5) is 38.2. The Labute approximate surface area is 159 Å². The highest BCUT2D eigenvalue weighted by atomic mass is 16.2. The van der Waals surface area contributed by atoms with Crippen LogP contribution in [0.2, 0.25) is 0 Å². The molecule has 3 aliphatic rings. The molecule has 4 rings (SSSR count). The molecule has 1 aliphatic heterocycles. The van der Waals surface area contributed by atoms with Crippen molar-refractivity contribution < 1.29 is 14.4 Å². The Balaban J connectivity index is 1.45. The van der Waals surface area contributed by atoms with Gasteiger partial charge in [-0.1, -0.05) is 39.0 Å². The molecule has 27 heavy (non-hydrogen) atoms. The molecule has 6 nitrogen and oxygen atoms in total. The average Bonchev–Trinajstić information content (AvgIpc) is 2.96. The van der Waals surface area contributed by atoms with E-state index in [1.165, 1.54) is 6.42 Å². The van der Waals surface area contributed by atoms with Crippen LogP contribution in [0.15, 0.2) is 29.4 Å². The number of carbonyl (C=O) groups is 3. The van der Waals surface area contributed by atoms with Gasteiger partial charge in [0.2, 0.25) is 5.91 Å². The number of carbonyl (C=O) groups excluding carboxylic acids is 3. The summed E-state index contributed by atoms with van der Waals surface area (Å²) in [7, 11) is 0. The molecular formula is C21H25N3O3. The van der Waals surface area contributed by atoms with Gasteiger partial charge in [-0.05, 0) is 42.2 Å². The first-order valence-corrected chi connectivity index (χ1v) is 9.52. The molecule has 0 unspecified atom stereocenters. The highest BCUT2D eigenvalue weighted by Gasteiger charge is 2.60. The molecule has 3 amide bonds. The van der Waals surface area contributed by atoms with Crippen molar-refractivity contribution >= 4 is 23.4 Å². The first-order valence-electron chi connectivity index (χ1n) is 9.52. The summed E-state index contributed by atoms with van der Waals surface area (Å²) in [6, 6.07) is 7.02. The molecule has 6 heteroatoms. The van der Waals surface area contributed by atoms with Gasteiger partial charge in [0, 0.05) is 16.7 Å². The summed E-state index contributed by atoms with van der Waals surface area (Å²) >= 11 is 0. The fourth-order valence-electron chi connectivity index (χ4n) is 4.97. The van der Waals surface area contributed by atoms with Crippen LogP contribution in [0.25, 0.3) is 0 Å². The van der Waals surface area contributed by atoms with Crippen LogP contribution in [0, 0.1) is 16.7 Å². The van der Waals surface area contributed by atoms with Gasteiger partial charge < -0.3 is 0 Å². The fraction of sp³-hybridized carbons (Fsp3) is 0.524. The van der Waals surface area contributed by atoms with Crippen molar-refractivity contribution in [2.45, 2.75) is 46.5 Å². The monoisotopic (exact) mass is 367 g/mol. The molecule has 2 saturated carbocycles. The Bertz CT molecular complexity index is 873. The minimum Gasteiger partial charge on any atom is -0.274 e. The average molecular weight is 367 g/mol. The molecule has 0 radical (unpaired) electrons. The Kier molecular flexibility index (Phi) is 3.98. The quantitative estimate of drug-likeness (QED) is 0.659. The summed E-state index contributed by atoms with van der Waals surface area (Å²) < 4.78 is 0. The van der Waals surface area contributed by atoms with E-state index in [0.717, 1.165) is 23.5 Å². The van der Waals surface area contributed by atoms with Crippen molar-refractivity contribution in [2.24, 2.45) is 21.8 Å². The largest absolute Gasteiger partial charge is 0.274 e. The summed E-state index contributed by atoms with van der Waals surface area (Å²) in [5.41, 5.74) is 4.99. The molecule has 2 fully saturated rings. The van der Waals surface area contributed by atoms with Crippen LogP contribution < -0.4 is 5.43 Å². The number of hydrazone groups is 1. The molecule has 2 bridgehead atoms. The second kappa shape index (κ2) is 6.01. The number of amides is 3. The molecule has 1 N–H and O–H groups in total. The van der Waals surface area contributed by atoms with Crippen LogP contribution in [-0.4, -0.2) is 34.9 Å². The summed E-state index contributed by atoms with van der Waals surface area (Å²) in [6.07, 6.45) is 3.32. The van der Waals surface area contributed by atoms with Crippen LogP contribution in [0.3, 0.4) is 0 Å².